The van der Waals surface area contributed by atoms with E-state index in [9.17, 15) is 8.42 Å². The highest BCUT2D eigenvalue weighted by Gasteiger charge is 2.29. The van der Waals surface area contributed by atoms with E-state index in [0.29, 0.717) is 38.5 Å². The molecule has 7 nitrogen and oxygen atoms in total. The van der Waals surface area contributed by atoms with Crippen LogP contribution in [0.15, 0.2) is 71.9 Å². The predicted octanol–water partition coefficient (Wildman–Crippen LogP) is 4.27. The molecule has 3 heterocycles. The second-order valence-corrected chi connectivity index (χ2v) is 10.7. The molecule has 0 radical (unpaired) electrons. The molecule has 0 atom stereocenters. The average molecular weight is 481 g/mol. The van der Waals surface area contributed by atoms with Gasteiger partial charge in [-0.25, -0.2) is 18.4 Å². The lowest BCUT2D eigenvalue weighted by Crippen LogP contribution is -2.49. The molecule has 0 aliphatic carbocycles. The van der Waals surface area contributed by atoms with E-state index >= 15 is 0 Å². The number of nitrogens with zero attached hydrogens (tertiary/aromatic N) is 4. The zero-order chi connectivity index (χ0) is 22.8. The Bertz CT molecular complexity index is 1350. The third-order valence-electron chi connectivity index (χ3n) is 5.68. The van der Waals surface area contributed by atoms with Crippen molar-refractivity contribution in [1.82, 2.24) is 14.3 Å². The highest BCUT2D eigenvalue weighted by molar-refractivity contribution is 7.89. The van der Waals surface area contributed by atoms with E-state index in [4.69, 9.17) is 4.74 Å². The summed E-state index contributed by atoms with van der Waals surface area (Å²) in [5.41, 5.74) is 1.15. The molecular formula is C24H24N4O3S2. The molecule has 0 amide bonds. The van der Waals surface area contributed by atoms with Crippen LogP contribution in [0.1, 0.15) is 6.92 Å². The van der Waals surface area contributed by atoms with Gasteiger partial charge in [0, 0.05) is 31.1 Å². The van der Waals surface area contributed by atoms with Crippen molar-refractivity contribution < 1.29 is 13.2 Å². The van der Waals surface area contributed by atoms with Crippen molar-refractivity contribution in [1.29, 1.82) is 0 Å². The summed E-state index contributed by atoms with van der Waals surface area (Å²) in [5.74, 6) is 1.52. The van der Waals surface area contributed by atoms with E-state index in [2.05, 4.69) is 33.1 Å². The molecule has 4 aromatic rings. The van der Waals surface area contributed by atoms with Crippen molar-refractivity contribution >= 4 is 37.4 Å². The van der Waals surface area contributed by atoms with Gasteiger partial charge in [0.15, 0.2) is 0 Å². The molecule has 9 heteroatoms. The van der Waals surface area contributed by atoms with Crippen molar-refractivity contribution in [2.24, 2.45) is 0 Å². The molecule has 5 rings (SSSR count). The molecule has 2 aromatic heterocycles. The van der Waals surface area contributed by atoms with E-state index < -0.39 is 10.0 Å². The second-order valence-electron chi connectivity index (χ2n) is 7.69. The van der Waals surface area contributed by atoms with E-state index in [1.54, 1.807) is 46.2 Å². The quantitative estimate of drug-likeness (QED) is 0.410. The maximum atomic E-state index is 13.1. The van der Waals surface area contributed by atoms with Gasteiger partial charge in [-0.2, -0.15) is 4.31 Å². The van der Waals surface area contributed by atoms with Crippen molar-refractivity contribution in [3.8, 4) is 16.2 Å². The summed E-state index contributed by atoms with van der Waals surface area (Å²) in [4.78, 5) is 13.5. The number of piperazine rings is 1. The number of ether oxygens (including phenoxy) is 1. The molecule has 170 valence electrons. The monoisotopic (exact) mass is 480 g/mol. The maximum Gasteiger partial charge on any atom is 0.243 e. The Hall–Kier alpha value is -3.01. The van der Waals surface area contributed by atoms with Crippen LogP contribution in [0.25, 0.3) is 20.7 Å². The number of hydrogen-bond acceptors (Lipinski definition) is 7. The molecule has 1 saturated heterocycles. The van der Waals surface area contributed by atoms with Gasteiger partial charge in [-0.15, -0.1) is 11.3 Å². The van der Waals surface area contributed by atoms with Gasteiger partial charge in [-0.05, 0) is 42.8 Å². The number of aromatic nitrogens is 2. The molecule has 0 bridgehead atoms. The second kappa shape index (κ2) is 9.09. The van der Waals surface area contributed by atoms with Crippen LogP contribution in [-0.2, 0) is 10.0 Å². The van der Waals surface area contributed by atoms with Crippen LogP contribution in [-0.4, -0.2) is 55.5 Å². The summed E-state index contributed by atoms with van der Waals surface area (Å²) in [6.45, 7) is 4.38. The minimum Gasteiger partial charge on any atom is -0.494 e. The normalized spacial score (nSPS) is 15.1. The molecule has 0 unspecified atom stereocenters. The predicted molar refractivity (Wildman–Crippen MR) is 131 cm³/mol. The first-order chi connectivity index (χ1) is 16.1. The fraction of sp³-hybridized carbons (Fsp3) is 0.250. The first kappa shape index (κ1) is 21.8. The molecule has 1 aliphatic heterocycles. The van der Waals surface area contributed by atoms with Crippen molar-refractivity contribution in [3.05, 3.63) is 67.0 Å². The third kappa shape index (κ3) is 4.31. The lowest BCUT2D eigenvalue weighted by molar-refractivity contribution is 0.340. The molecule has 1 aliphatic rings. The zero-order valence-corrected chi connectivity index (χ0v) is 19.8. The van der Waals surface area contributed by atoms with E-state index in [1.165, 1.54) is 0 Å². The van der Waals surface area contributed by atoms with Crippen LogP contribution in [0.2, 0.25) is 0 Å². The van der Waals surface area contributed by atoms with Crippen LogP contribution >= 0.6 is 11.3 Å². The third-order valence-corrected chi connectivity index (χ3v) is 8.68. The molecular weight excluding hydrogens is 456 g/mol. The summed E-state index contributed by atoms with van der Waals surface area (Å²) in [5, 5.41) is 1.00. The topological polar surface area (TPSA) is 75.6 Å². The number of sulfonamides is 1. The molecule has 33 heavy (non-hydrogen) atoms. The number of anilines is 1. The Morgan fingerprint density at radius 1 is 0.970 bits per heavy atom. The summed E-state index contributed by atoms with van der Waals surface area (Å²) in [6.07, 6.45) is 1.59. The SMILES string of the molecule is CCOc1ccc(S(=O)(=O)N2CCN(c3ncnc4sc(-c5ccccc5)cc34)CC2)cc1. The number of benzene rings is 2. The van der Waals surface area contributed by atoms with Gasteiger partial charge in [0.05, 0.1) is 16.9 Å². The van der Waals surface area contributed by atoms with Gasteiger partial charge in [0.25, 0.3) is 0 Å². The van der Waals surface area contributed by atoms with Crippen LogP contribution in [0.4, 0.5) is 5.82 Å². The Morgan fingerprint density at radius 2 is 1.70 bits per heavy atom. The summed E-state index contributed by atoms with van der Waals surface area (Å²) in [6, 6.07) is 19.0. The number of rotatable bonds is 6. The molecule has 2 aromatic carbocycles. The summed E-state index contributed by atoms with van der Waals surface area (Å²) in [7, 11) is -3.55. The first-order valence-electron chi connectivity index (χ1n) is 10.8. The average Bonchev–Trinajstić information content (AvgIpc) is 3.30. The summed E-state index contributed by atoms with van der Waals surface area (Å²) >= 11 is 1.64. The minimum atomic E-state index is -3.55. The van der Waals surface area contributed by atoms with Gasteiger partial charge >= 0.3 is 0 Å². The van der Waals surface area contributed by atoms with Crippen LogP contribution in [0.5, 0.6) is 5.75 Å². The maximum absolute atomic E-state index is 13.1. The van der Waals surface area contributed by atoms with E-state index in [0.717, 1.165) is 26.5 Å². The Kier molecular flexibility index (Phi) is 6.01. The van der Waals surface area contributed by atoms with Crippen molar-refractivity contribution in [3.63, 3.8) is 0 Å². The van der Waals surface area contributed by atoms with Gasteiger partial charge in [-0.1, -0.05) is 30.3 Å². The van der Waals surface area contributed by atoms with Crippen molar-refractivity contribution in [2.75, 3.05) is 37.7 Å². The van der Waals surface area contributed by atoms with Crippen molar-refractivity contribution in [2.45, 2.75) is 11.8 Å². The first-order valence-corrected chi connectivity index (χ1v) is 13.1. The van der Waals surface area contributed by atoms with Gasteiger partial charge in [0.2, 0.25) is 10.0 Å². The highest BCUT2D eigenvalue weighted by Crippen LogP contribution is 2.36. The van der Waals surface area contributed by atoms with Gasteiger partial charge in [0.1, 0.15) is 22.7 Å². The standard InChI is InChI=1S/C24H24N4O3S2/c1-2-31-19-8-10-20(11-9-19)33(29,30)28-14-12-27(13-15-28)23-21-16-22(18-6-4-3-5-7-18)32-24(21)26-17-25-23/h3-11,16-17H,2,12-15H2,1H3. The summed E-state index contributed by atoms with van der Waals surface area (Å²) < 4.78 is 33.2. The fourth-order valence-electron chi connectivity index (χ4n) is 4.00. The number of fused-ring (bicyclic) bond motifs is 1. The molecule has 1 fully saturated rings. The molecule has 0 saturated carbocycles. The largest absolute Gasteiger partial charge is 0.494 e. The Morgan fingerprint density at radius 3 is 2.39 bits per heavy atom. The van der Waals surface area contributed by atoms with Gasteiger partial charge < -0.3 is 9.64 Å². The van der Waals surface area contributed by atoms with Gasteiger partial charge in [-0.3, -0.25) is 0 Å². The number of hydrogen-bond donors (Lipinski definition) is 0. The van der Waals surface area contributed by atoms with Crippen LogP contribution in [0.3, 0.4) is 0 Å². The van der Waals surface area contributed by atoms with E-state index in [-0.39, 0.29) is 4.90 Å². The Labute approximate surface area is 197 Å². The highest BCUT2D eigenvalue weighted by atomic mass is 32.2. The smallest absolute Gasteiger partial charge is 0.243 e. The van der Waals surface area contributed by atoms with Crippen LogP contribution < -0.4 is 9.64 Å². The Balaban J connectivity index is 1.34. The van der Waals surface area contributed by atoms with Crippen LogP contribution in [0, 0.1) is 0 Å². The lowest BCUT2D eigenvalue weighted by Gasteiger charge is -2.34. The van der Waals surface area contributed by atoms with E-state index in [1.807, 2.05) is 25.1 Å². The molecule has 0 N–H and O–H groups in total. The lowest BCUT2D eigenvalue weighted by atomic mass is 10.2. The fourth-order valence-corrected chi connectivity index (χ4v) is 6.42. The minimum absolute atomic E-state index is 0.286. The molecule has 0 spiro atoms. The number of thiophene rings is 1. The zero-order valence-electron chi connectivity index (χ0n) is 18.2.